The molecule has 3 rings (SSSR count). The van der Waals surface area contributed by atoms with E-state index in [2.05, 4.69) is 4.98 Å². The van der Waals surface area contributed by atoms with E-state index >= 15 is 0 Å². The quantitative estimate of drug-likeness (QED) is 0.813. The Morgan fingerprint density at radius 1 is 1.27 bits per heavy atom. The second-order valence-electron chi connectivity index (χ2n) is 6.14. The van der Waals surface area contributed by atoms with Crippen molar-refractivity contribution in [2.45, 2.75) is 25.2 Å². The Balaban J connectivity index is 2.10. The molecule has 0 saturated carbocycles. The van der Waals surface area contributed by atoms with E-state index in [1.807, 2.05) is 13.8 Å². The van der Waals surface area contributed by atoms with Crippen LogP contribution in [0.15, 0.2) is 42.6 Å². The van der Waals surface area contributed by atoms with Crippen molar-refractivity contribution in [3.8, 4) is 0 Å². The number of pyridine rings is 1. The largest absolute Gasteiger partial charge is 0.314 e. The lowest BCUT2D eigenvalue weighted by molar-refractivity contribution is -0.107. The summed E-state index contributed by atoms with van der Waals surface area (Å²) in [7, 11) is 0. The highest BCUT2D eigenvalue weighted by atomic mass is 19.3. The average molecular weight is 302 g/mol. The van der Waals surface area contributed by atoms with Gasteiger partial charge in [0.05, 0.1) is 5.69 Å². The minimum absolute atomic E-state index is 0.114. The van der Waals surface area contributed by atoms with Gasteiger partial charge in [-0.2, -0.15) is 8.78 Å². The highest BCUT2D eigenvalue weighted by Gasteiger charge is 2.40. The van der Waals surface area contributed by atoms with Gasteiger partial charge in [-0.1, -0.05) is 44.2 Å². The number of hydrogen-bond donors (Lipinski definition) is 0. The Hall–Kier alpha value is -2.30. The number of halogens is 2. The summed E-state index contributed by atoms with van der Waals surface area (Å²) >= 11 is 0. The van der Waals surface area contributed by atoms with Crippen LogP contribution in [0.2, 0.25) is 0 Å². The predicted molar refractivity (Wildman–Crippen MR) is 80.1 cm³/mol. The number of alkyl halides is 2. The van der Waals surface area contributed by atoms with Crippen LogP contribution >= 0.6 is 0 Å². The lowest BCUT2D eigenvalue weighted by atomic mass is 9.88. The summed E-state index contributed by atoms with van der Waals surface area (Å²) in [5, 5.41) is 0. The van der Waals surface area contributed by atoms with E-state index < -0.39 is 5.92 Å². The third kappa shape index (κ3) is 2.17. The molecule has 2 aromatic rings. The molecule has 0 bridgehead atoms. The number of amides is 1. The van der Waals surface area contributed by atoms with Crippen molar-refractivity contribution in [1.82, 2.24) is 4.98 Å². The van der Waals surface area contributed by atoms with Gasteiger partial charge in [-0.25, -0.2) is 0 Å². The number of carbonyl (C=O) groups excluding carboxylic acids is 1. The maximum Gasteiger partial charge on any atom is 0.314 e. The van der Waals surface area contributed by atoms with Crippen molar-refractivity contribution in [2.24, 2.45) is 0 Å². The van der Waals surface area contributed by atoms with Crippen molar-refractivity contribution >= 4 is 12.1 Å². The van der Waals surface area contributed by atoms with Gasteiger partial charge in [0.2, 0.25) is 6.41 Å². The Bertz CT molecular complexity index is 714. The van der Waals surface area contributed by atoms with Crippen LogP contribution in [0.4, 0.5) is 14.5 Å². The van der Waals surface area contributed by atoms with Gasteiger partial charge in [0.1, 0.15) is 5.69 Å². The van der Waals surface area contributed by atoms with Crippen LogP contribution in [0.25, 0.3) is 0 Å². The molecule has 1 aliphatic rings. The summed E-state index contributed by atoms with van der Waals surface area (Å²) in [5.41, 5.74) is 0.580. The first kappa shape index (κ1) is 14.6. The minimum atomic E-state index is -3.20. The van der Waals surface area contributed by atoms with Gasteiger partial charge < -0.3 is 4.90 Å². The van der Waals surface area contributed by atoms with Crippen LogP contribution in [0.5, 0.6) is 0 Å². The number of fused-ring (bicyclic) bond motifs is 1. The highest BCUT2D eigenvalue weighted by Crippen LogP contribution is 2.42. The van der Waals surface area contributed by atoms with E-state index in [9.17, 15) is 13.6 Å². The molecular formula is C17H16F2N2O. The topological polar surface area (TPSA) is 33.2 Å². The molecule has 0 fully saturated rings. The van der Waals surface area contributed by atoms with E-state index in [0.717, 1.165) is 5.56 Å². The Labute approximate surface area is 127 Å². The molecule has 0 unspecified atom stereocenters. The normalized spacial score (nSPS) is 16.5. The molecule has 2 heterocycles. The second kappa shape index (κ2) is 4.87. The van der Waals surface area contributed by atoms with Crippen molar-refractivity contribution in [3.05, 3.63) is 59.4 Å². The molecule has 0 N–H and O–H groups in total. The van der Waals surface area contributed by atoms with Gasteiger partial charge in [0.15, 0.2) is 0 Å². The standard InChI is InChI=1S/C17H16F2N2O/c1-16(2)10-21(11-22)14-8-15(20-9-13(14)16)17(18,19)12-6-4-3-5-7-12/h3-9,11H,10H2,1-2H3. The monoisotopic (exact) mass is 302 g/mol. The molecule has 1 aromatic carbocycles. The molecular weight excluding hydrogens is 286 g/mol. The SMILES string of the molecule is CC1(C)CN(C=O)c2cc(C(F)(F)c3ccccc3)ncc21. The minimum Gasteiger partial charge on any atom is -0.314 e. The number of hydrogen-bond acceptors (Lipinski definition) is 2. The van der Waals surface area contributed by atoms with E-state index in [0.29, 0.717) is 18.6 Å². The number of nitrogens with zero attached hydrogens (tertiary/aromatic N) is 2. The van der Waals surface area contributed by atoms with Crippen LogP contribution in [0.1, 0.15) is 30.7 Å². The zero-order chi connectivity index (χ0) is 16.0. The fourth-order valence-corrected chi connectivity index (χ4v) is 2.86. The third-order valence-corrected chi connectivity index (χ3v) is 4.07. The predicted octanol–water partition coefficient (Wildman–Crippen LogP) is 3.48. The second-order valence-corrected chi connectivity index (χ2v) is 6.14. The smallest absolute Gasteiger partial charge is 0.314 e. The molecule has 0 aliphatic carbocycles. The summed E-state index contributed by atoms with van der Waals surface area (Å²) < 4.78 is 29.2. The number of anilines is 1. The molecule has 0 spiro atoms. The van der Waals surface area contributed by atoms with Crippen molar-refractivity contribution in [3.63, 3.8) is 0 Å². The number of carbonyl (C=O) groups is 1. The molecule has 1 amide bonds. The Morgan fingerprint density at radius 3 is 2.59 bits per heavy atom. The van der Waals surface area contributed by atoms with Crippen LogP contribution in [-0.2, 0) is 16.1 Å². The van der Waals surface area contributed by atoms with Gasteiger partial charge in [0.25, 0.3) is 0 Å². The molecule has 3 nitrogen and oxygen atoms in total. The first-order valence-corrected chi connectivity index (χ1v) is 7.02. The molecule has 1 aliphatic heterocycles. The maximum absolute atomic E-state index is 14.6. The van der Waals surface area contributed by atoms with Gasteiger partial charge in [-0.05, 0) is 6.07 Å². The molecule has 0 radical (unpaired) electrons. The summed E-state index contributed by atoms with van der Waals surface area (Å²) in [6.45, 7) is 4.39. The lowest BCUT2D eigenvalue weighted by Gasteiger charge is -2.19. The summed E-state index contributed by atoms with van der Waals surface area (Å²) in [5.74, 6) is -3.20. The maximum atomic E-state index is 14.6. The van der Waals surface area contributed by atoms with E-state index in [-0.39, 0.29) is 16.7 Å². The highest BCUT2D eigenvalue weighted by molar-refractivity contribution is 5.81. The molecule has 0 saturated heterocycles. The fraction of sp³-hybridized carbons (Fsp3) is 0.294. The van der Waals surface area contributed by atoms with E-state index in [1.54, 1.807) is 18.2 Å². The molecule has 1 aromatic heterocycles. The Morgan fingerprint density at radius 2 is 1.95 bits per heavy atom. The van der Waals surface area contributed by atoms with E-state index in [1.165, 1.54) is 29.3 Å². The van der Waals surface area contributed by atoms with E-state index in [4.69, 9.17) is 0 Å². The number of benzene rings is 1. The fourth-order valence-electron chi connectivity index (χ4n) is 2.86. The summed E-state index contributed by atoms with van der Waals surface area (Å²) in [4.78, 5) is 16.6. The summed E-state index contributed by atoms with van der Waals surface area (Å²) in [6.07, 6.45) is 2.14. The van der Waals surface area contributed by atoms with Gasteiger partial charge in [0, 0.05) is 29.3 Å². The third-order valence-electron chi connectivity index (χ3n) is 4.07. The average Bonchev–Trinajstić information content (AvgIpc) is 2.79. The van der Waals surface area contributed by atoms with Gasteiger partial charge in [-0.15, -0.1) is 0 Å². The molecule has 5 heteroatoms. The molecule has 22 heavy (non-hydrogen) atoms. The zero-order valence-corrected chi connectivity index (χ0v) is 12.4. The first-order chi connectivity index (χ1) is 10.4. The number of aromatic nitrogens is 1. The van der Waals surface area contributed by atoms with Crippen molar-refractivity contribution in [1.29, 1.82) is 0 Å². The van der Waals surface area contributed by atoms with Crippen molar-refractivity contribution < 1.29 is 13.6 Å². The van der Waals surface area contributed by atoms with Crippen molar-refractivity contribution in [2.75, 3.05) is 11.4 Å². The summed E-state index contributed by atoms with van der Waals surface area (Å²) in [6, 6.07) is 8.89. The Kier molecular flexibility index (Phi) is 3.24. The van der Waals surface area contributed by atoms with Gasteiger partial charge in [-0.3, -0.25) is 9.78 Å². The zero-order valence-electron chi connectivity index (χ0n) is 12.4. The van der Waals surface area contributed by atoms with Crippen LogP contribution in [0.3, 0.4) is 0 Å². The lowest BCUT2D eigenvalue weighted by Crippen LogP contribution is -2.27. The van der Waals surface area contributed by atoms with Crippen LogP contribution < -0.4 is 4.90 Å². The molecule has 0 atom stereocenters. The molecule has 114 valence electrons. The van der Waals surface area contributed by atoms with Crippen LogP contribution in [0, 0.1) is 0 Å². The number of rotatable bonds is 3. The van der Waals surface area contributed by atoms with Crippen LogP contribution in [-0.4, -0.2) is 17.9 Å². The first-order valence-electron chi connectivity index (χ1n) is 7.02. The van der Waals surface area contributed by atoms with Gasteiger partial charge >= 0.3 is 5.92 Å².